The molecular formula is C17H20N6O. The molecule has 3 aromatic rings. The van der Waals surface area contributed by atoms with Gasteiger partial charge in [0.25, 0.3) is 0 Å². The van der Waals surface area contributed by atoms with Gasteiger partial charge in [-0.25, -0.2) is 0 Å². The number of piperidine rings is 1. The molecule has 1 aliphatic rings. The number of benzene rings is 1. The highest BCUT2D eigenvalue weighted by Crippen LogP contribution is 2.24. The second kappa shape index (κ2) is 5.85. The highest BCUT2D eigenvalue weighted by molar-refractivity contribution is 5.59. The number of rotatable bonds is 3. The van der Waals surface area contributed by atoms with E-state index in [0.717, 1.165) is 48.8 Å². The Morgan fingerprint density at radius 3 is 2.50 bits per heavy atom. The molecule has 3 heterocycles. The molecular weight excluding hydrogens is 304 g/mol. The number of fused-ring (bicyclic) bond motifs is 1. The lowest BCUT2D eigenvalue weighted by Crippen LogP contribution is -2.53. The van der Waals surface area contributed by atoms with Crippen LogP contribution in [0.1, 0.15) is 12.8 Å². The summed E-state index contributed by atoms with van der Waals surface area (Å²) in [5.41, 5.74) is 7.39. The molecule has 1 aliphatic heterocycles. The van der Waals surface area contributed by atoms with E-state index >= 15 is 0 Å². The van der Waals surface area contributed by atoms with Crippen LogP contribution in [0.3, 0.4) is 0 Å². The molecule has 0 unspecified atom stereocenters. The van der Waals surface area contributed by atoms with Gasteiger partial charge < -0.3 is 15.7 Å². The molecule has 0 amide bonds. The first kappa shape index (κ1) is 15.0. The Balaban J connectivity index is 1.66. The van der Waals surface area contributed by atoms with Gasteiger partial charge in [0.2, 0.25) is 0 Å². The number of aliphatic hydroxyl groups is 1. The van der Waals surface area contributed by atoms with Crippen molar-refractivity contribution in [2.75, 3.05) is 24.6 Å². The van der Waals surface area contributed by atoms with Crippen molar-refractivity contribution in [2.45, 2.75) is 18.4 Å². The Bertz CT molecular complexity index is 839. The summed E-state index contributed by atoms with van der Waals surface area (Å²) in [5.74, 6) is 1.60. The predicted molar refractivity (Wildman–Crippen MR) is 91.7 cm³/mol. The quantitative estimate of drug-likeness (QED) is 0.749. The van der Waals surface area contributed by atoms with Crippen LogP contribution < -0.4 is 10.6 Å². The van der Waals surface area contributed by atoms with E-state index in [1.807, 2.05) is 42.5 Å². The van der Waals surface area contributed by atoms with Gasteiger partial charge in [-0.2, -0.15) is 4.52 Å². The Kier molecular flexibility index (Phi) is 3.66. The Hall–Kier alpha value is -2.51. The number of aromatic nitrogens is 4. The van der Waals surface area contributed by atoms with Crippen LogP contribution in [0, 0.1) is 0 Å². The second-order valence-electron chi connectivity index (χ2n) is 6.36. The van der Waals surface area contributed by atoms with E-state index in [0.29, 0.717) is 0 Å². The minimum absolute atomic E-state index is 0.0247. The minimum Gasteiger partial charge on any atom is -0.394 e. The summed E-state index contributed by atoms with van der Waals surface area (Å²) in [5, 5.41) is 22.6. The Labute approximate surface area is 139 Å². The van der Waals surface area contributed by atoms with Crippen molar-refractivity contribution in [3.8, 4) is 11.4 Å². The van der Waals surface area contributed by atoms with Crippen LogP contribution >= 0.6 is 0 Å². The van der Waals surface area contributed by atoms with Crippen molar-refractivity contribution in [3.05, 3.63) is 42.5 Å². The summed E-state index contributed by atoms with van der Waals surface area (Å²) in [7, 11) is 0. The zero-order valence-electron chi connectivity index (χ0n) is 13.3. The van der Waals surface area contributed by atoms with Crippen molar-refractivity contribution < 1.29 is 5.11 Å². The highest BCUT2D eigenvalue weighted by Gasteiger charge is 2.30. The summed E-state index contributed by atoms with van der Waals surface area (Å²) in [4.78, 5) is 2.19. The smallest absolute Gasteiger partial charge is 0.185 e. The molecule has 1 saturated heterocycles. The number of nitrogens with zero attached hydrogens (tertiary/aromatic N) is 5. The molecule has 7 nitrogen and oxygen atoms in total. The molecule has 0 radical (unpaired) electrons. The van der Waals surface area contributed by atoms with E-state index in [2.05, 4.69) is 15.1 Å². The average Bonchev–Trinajstić information content (AvgIpc) is 3.06. The maximum atomic E-state index is 9.40. The third-order valence-corrected chi connectivity index (χ3v) is 4.68. The molecule has 0 spiro atoms. The molecule has 4 rings (SSSR count). The van der Waals surface area contributed by atoms with E-state index in [-0.39, 0.29) is 6.61 Å². The van der Waals surface area contributed by atoms with Gasteiger partial charge in [-0.3, -0.25) is 0 Å². The third-order valence-electron chi connectivity index (χ3n) is 4.68. The summed E-state index contributed by atoms with van der Waals surface area (Å²) in [6.45, 7) is 1.58. The van der Waals surface area contributed by atoms with E-state index in [4.69, 9.17) is 10.8 Å². The lowest BCUT2D eigenvalue weighted by atomic mass is 9.90. The topological polar surface area (TPSA) is 92.6 Å². The van der Waals surface area contributed by atoms with Crippen molar-refractivity contribution in [3.63, 3.8) is 0 Å². The van der Waals surface area contributed by atoms with Crippen LogP contribution in [-0.4, -0.2) is 50.2 Å². The van der Waals surface area contributed by atoms with E-state index in [9.17, 15) is 5.11 Å². The third kappa shape index (κ3) is 2.61. The predicted octanol–water partition coefficient (Wildman–Crippen LogP) is 1.08. The van der Waals surface area contributed by atoms with Gasteiger partial charge in [0.1, 0.15) is 5.82 Å². The largest absolute Gasteiger partial charge is 0.394 e. The maximum Gasteiger partial charge on any atom is 0.185 e. The van der Waals surface area contributed by atoms with Crippen molar-refractivity contribution in [1.29, 1.82) is 0 Å². The summed E-state index contributed by atoms with van der Waals surface area (Å²) >= 11 is 0. The summed E-state index contributed by atoms with van der Waals surface area (Å²) in [6, 6.07) is 13.8. The molecule has 124 valence electrons. The van der Waals surface area contributed by atoms with Crippen LogP contribution in [0.5, 0.6) is 0 Å². The number of hydrogen-bond acceptors (Lipinski definition) is 6. The van der Waals surface area contributed by atoms with Crippen LogP contribution in [0.2, 0.25) is 0 Å². The first-order valence-corrected chi connectivity index (χ1v) is 8.11. The van der Waals surface area contributed by atoms with Gasteiger partial charge in [-0.1, -0.05) is 30.3 Å². The van der Waals surface area contributed by atoms with E-state index in [1.54, 1.807) is 4.52 Å². The van der Waals surface area contributed by atoms with Gasteiger partial charge in [-0.15, -0.1) is 15.3 Å². The Morgan fingerprint density at radius 1 is 1.04 bits per heavy atom. The fourth-order valence-electron chi connectivity index (χ4n) is 3.05. The summed E-state index contributed by atoms with van der Waals surface area (Å²) < 4.78 is 1.78. The molecule has 1 aromatic carbocycles. The zero-order valence-corrected chi connectivity index (χ0v) is 13.3. The average molecular weight is 324 g/mol. The number of hydrogen-bond donors (Lipinski definition) is 2. The first-order valence-electron chi connectivity index (χ1n) is 8.11. The highest BCUT2D eigenvalue weighted by atomic mass is 16.3. The van der Waals surface area contributed by atoms with Crippen molar-refractivity contribution >= 4 is 11.5 Å². The standard InChI is InChI=1S/C17H20N6O/c18-17(12-24)8-10-22(11-9-17)15-7-6-14-19-20-16(23(14)21-15)13-4-2-1-3-5-13/h1-7,24H,8-12,18H2. The molecule has 24 heavy (non-hydrogen) atoms. The van der Waals surface area contributed by atoms with Crippen molar-refractivity contribution in [1.82, 2.24) is 19.8 Å². The maximum absolute atomic E-state index is 9.40. The second-order valence-corrected chi connectivity index (χ2v) is 6.36. The molecule has 1 fully saturated rings. The van der Waals surface area contributed by atoms with Crippen LogP contribution in [-0.2, 0) is 0 Å². The SMILES string of the molecule is NC1(CO)CCN(c2ccc3nnc(-c4ccccc4)n3n2)CC1. The number of aliphatic hydroxyl groups excluding tert-OH is 1. The lowest BCUT2D eigenvalue weighted by Gasteiger charge is -2.38. The van der Waals surface area contributed by atoms with Crippen LogP contribution in [0.4, 0.5) is 5.82 Å². The van der Waals surface area contributed by atoms with Gasteiger partial charge in [-0.05, 0) is 25.0 Å². The first-order chi connectivity index (χ1) is 11.7. The van der Waals surface area contributed by atoms with Crippen molar-refractivity contribution in [2.24, 2.45) is 5.73 Å². The van der Waals surface area contributed by atoms with E-state index in [1.165, 1.54) is 0 Å². The number of nitrogens with two attached hydrogens (primary N) is 1. The molecule has 7 heteroatoms. The van der Waals surface area contributed by atoms with Gasteiger partial charge in [0.15, 0.2) is 11.5 Å². The molecule has 0 saturated carbocycles. The van der Waals surface area contributed by atoms with Crippen LogP contribution in [0.25, 0.3) is 17.0 Å². The number of anilines is 1. The molecule has 0 atom stereocenters. The fourth-order valence-corrected chi connectivity index (χ4v) is 3.05. The minimum atomic E-state index is -0.466. The zero-order chi connectivity index (χ0) is 16.6. The fraction of sp³-hybridized carbons (Fsp3) is 0.353. The molecule has 0 bridgehead atoms. The van der Waals surface area contributed by atoms with Gasteiger partial charge in [0, 0.05) is 24.2 Å². The van der Waals surface area contributed by atoms with Gasteiger partial charge in [0.05, 0.1) is 6.61 Å². The van der Waals surface area contributed by atoms with E-state index < -0.39 is 5.54 Å². The molecule has 0 aliphatic carbocycles. The molecule has 2 aromatic heterocycles. The normalized spacial score (nSPS) is 17.3. The monoisotopic (exact) mass is 324 g/mol. The van der Waals surface area contributed by atoms with Crippen LogP contribution in [0.15, 0.2) is 42.5 Å². The molecule has 3 N–H and O–H groups in total. The van der Waals surface area contributed by atoms with Gasteiger partial charge >= 0.3 is 0 Å². The Morgan fingerprint density at radius 2 is 1.79 bits per heavy atom. The summed E-state index contributed by atoms with van der Waals surface area (Å²) in [6.07, 6.45) is 1.49. The lowest BCUT2D eigenvalue weighted by molar-refractivity contribution is 0.170.